The molecule has 0 aliphatic carbocycles. The molecule has 0 radical (unpaired) electrons. The Kier molecular flexibility index (Phi) is 3.97. The van der Waals surface area contributed by atoms with E-state index < -0.39 is 0 Å². The van der Waals surface area contributed by atoms with Crippen molar-refractivity contribution in [3.8, 4) is 5.75 Å². The van der Waals surface area contributed by atoms with Crippen LogP contribution in [-0.4, -0.2) is 34.6 Å². The lowest BCUT2D eigenvalue weighted by molar-refractivity contribution is 0.218. The molecule has 5 heteroatoms. The number of fused-ring (bicyclic) bond motifs is 1. The van der Waals surface area contributed by atoms with Gasteiger partial charge < -0.3 is 9.72 Å². The van der Waals surface area contributed by atoms with Crippen molar-refractivity contribution < 1.29 is 9.13 Å². The van der Waals surface area contributed by atoms with Gasteiger partial charge in [0.05, 0.1) is 24.3 Å². The summed E-state index contributed by atoms with van der Waals surface area (Å²) in [5, 5.41) is 0. The molecule has 1 N–H and O–H groups in total. The number of hydrogen-bond donors (Lipinski definition) is 1. The minimum atomic E-state index is -0.235. The van der Waals surface area contributed by atoms with Crippen LogP contribution < -0.4 is 4.74 Å². The molecule has 0 unspecified atom stereocenters. The zero-order chi connectivity index (χ0) is 13.8. The summed E-state index contributed by atoms with van der Waals surface area (Å²) in [5.41, 5.74) is 2.43. The monoisotopic (exact) mass is 275 g/mol. The Hall–Kier alpha value is -1.88. The highest BCUT2D eigenvalue weighted by molar-refractivity contribution is 5.22. The average Bonchev–Trinajstić information content (AvgIpc) is 2.93. The normalized spacial score (nSPS) is 15.1. The second-order valence-electron chi connectivity index (χ2n) is 5.01. The predicted molar refractivity (Wildman–Crippen MR) is 74.1 cm³/mol. The van der Waals surface area contributed by atoms with Crippen LogP contribution in [-0.2, 0) is 13.0 Å². The smallest absolute Gasteiger partial charge is 0.123 e. The van der Waals surface area contributed by atoms with Gasteiger partial charge in [0, 0.05) is 26.1 Å². The Labute approximate surface area is 117 Å². The molecule has 0 saturated carbocycles. The lowest BCUT2D eigenvalue weighted by Gasteiger charge is -2.25. The maximum absolute atomic E-state index is 12.7. The molecule has 106 valence electrons. The van der Waals surface area contributed by atoms with Gasteiger partial charge in [0.2, 0.25) is 0 Å². The van der Waals surface area contributed by atoms with Crippen molar-refractivity contribution in [2.24, 2.45) is 0 Å². The second kappa shape index (κ2) is 6.05. The van der Waals surface area contributed by atoms with Crippen molar-refractivity contribution in [1.29, 1.82) is 0 Å². The molecule has 0 amide bonds. The van der Waals surface area contributed by atoms with Gasteiger partial charge in [0.1, 0.15) is 11.6 Å². The molecule has 4 nitrogen and oxygen atoms in total. The third-order valence-electron chi connectivity index (χ3n) is 3.56. The van der Waals surface area contributed by atoms with Crippen LogP contribution in [0.1, 0.15) is 17.8 Å². The summed E-state index contributed by atoms with van der Waals surface area (Å²) in [7, 11) is 0. The third-order valence-corrected chi connectivity index (χ3v) is 3.56. The summed E-state index contributed by atoms with van der Waals surface area (Å²) < 4.78 is 18.3. The largest absolute Gasteiger partial charge is 0.494 e. The second-order valence-corrected chi connectivity index (χ2v) is 5.01. The fraction of sp³-hybridized carbons (Fsp3) is 0.400. The zero-order valence-corrected chi connectivity index (χ0v) is 11.3. The lowest BCUT2D eigenvalue weighted by atomic mass is 10.1. The third kappa shape index (κ3) is 3.17. The number of halogens is 1. The van der Waals surface area contributed by atoms with Gasteiger partial charge in [-0.2, -0.15) is 0 Å². The fourth-order valence-corrected chi connectivity index (χ4v) is 2.47. The number of ether oxygens (including phenoxy) is 1. The van der Waals surface area contributed by atoms with Crippen molar-refractivity contribution >= 4 is 0 Å². The first-order valence-electron chi connectivity index (χ1n) is 6.93. The summed E-state index contributed by atoms with van der Waals surface area (Å²) in [5.74, 6) is 0.488. The minimum absolute atomic E-state index is 0.235. The summed E-state index contributed by atoms with van der Waals surface area (Å²) >= 11 is 0. The maximum atomic E-state index is 12.7. The highest BCUT2D eigenvalue weighted by Gasteiger charge is 2.17. The van der Waals surface area contributed by atoms with Gasteiger partial charge in [-0.05, 0) is 30.7 Å². The summed E-state index contributed by atoms with van der Waals surface area (Å²) in [6.07, 6.45) is 3.74. The molecule has 1 aliphatic heterocycles. The molecule has 0 fully saturated rings. The summed E-state index contributed by atoms with van der Waals surface area (Å²) in [4.78, 5) is 9.88. The van der Waals surface area contributed by atoms with E-state index in [1.165, 1.54) is 23.5 Å². The molecule has 0 spiro atoms. The molecular weight excluding hydrogens is 257 g/mol. The van der Waals surface area contributed by atoms with E-state index in [1.807, 2.05) is 0 Å². The van der Waals surface area contributed by atoms with E-state index in [4.69, 9.17) is 4.74 Å². The molecule has 20 heavy (non-hydrogen) atoms. The standard InChI is InChI=1S/C15H18FN3O/c16-12-2-4-13(5-3-12)20-9-1-7-19-8-6-14-15(10-19)18-11-17-14/h2-5,11H,1,6-10H2,(H,17,18). The quantitative estimate of drug-likeness (QED) is 0.852. The van der Waals surface area contributed by atoms with Crippen LogP contribution in [0.4, 0.5) is 4.39 Å². The first-order valence-corrected chi connectivity index (χ1v) is 6.93. The number of rotatable bonds is 5. The Morgan fingerprint density at radius 3 is 3.00 bits per heavy atom. The maximum Gasteiger partial charge on any atom is 0.123 e. The van der Waals surface area contributed by atoms with Crippen LogP contribution in [0.3, 0.4) is 0 Å². The highest BCUT2D eigenvalue weighted by Crippen LogP contribution is 2.15. The van der Waals surface area contributed by atoms with Gasteiger partial charge in [-0.15, -0.1) is 0 Å². The number of nitrogens with one attached hydrogen (secondary N) is 1. The van der Waals surface area contributed by atoms with Crippen LogP contribution in [0, 0.1) is 5.82 Å². The molecular formula is C15H18FN3O. The van der Waals surface area contributed by atoms with Gasteiger partial charge >= 0.3 is 0 Å². The molecule has 0 bridgehead atoms. The zero-order valence-electron chi connectivity index (χ0n) is 11.3. The van der Waals surface area contributed by atoms with Gasteiger partial charge in [-0.25, -0.2) is 9.37 Å². The van der Waals surface area contributed by atoms with Crippen molar-refractivity contribution in [2.45, 2.75) is 19.4 Å². The van der Waals surface area contributed by atoms with Crippen molar-refractivity contribution in [3.63, 3.8) is 0 Å². The number of aromatic nitrogens is 2. The first-order chi connectivity index (χ1) is 9.81. The first kappa shape index (κ1) is 13.1. The molecule has 2 aromatic rings. The van der Waals surface area contributed by atoms with Crippen LogP contribution >= 0.6 is 0 Å². The molecule has 2 heterocycles. The van der Waals surface area contributed by atoms with E-state index in [-0.39, 0.29) is 5.82 Å². The van der Waals surface area contributed by atoms with Gasteiger partial charge in [0.25, 0.3) is 0 Å². The molecule has 0 saturated heterocycles. The molecule has 1 aromatic heterocycles. The SMILES string of the molecule is Fc1ccc(OCCCN2CCc3nc[nH]c3C2)cc1. The van der Waals surface area contributed by atoms with Crippen molar-refractivity contribution in [1.82, 2.24) is 14.9 Å². The average molecular weight is 275 g/mol. The number of benzene rings is 1. The fourth-order valence-electron chi connectivity index (χ4n) is 2.47. The van der Waals surface area contributed by atoms with Crippen LogP contribution in [0.25, 0.3) is 0 Å². The van der Waals surface area contributed by atoms with E-state index in [9.17, 15) is 4.39 Å². The molecule has 3 rings (SSSR count). The Balaban J connectivity index is 1.39. The predicted octanol–water partition coefficient (Wildman–Crippen LogP) is 2.38. The van der Waals surface area contributed by atoms with E-state index >= 15 is 0 Å². The van der Waals surface area contributed by atoms with Crippen molar-refractivity contribution in [2.75, 3.05) is 19.7 Å². The van der Waals surface area contributed by atoms with Crippen LogP contribution in [0.2, 0.25) is 0 Å². The van der Waals surface area contributed by atoms with E-state index in [2.05, 4.69) is 14.9 Å². The van der Waals surface area contributed by atoms with E-state index in [0.29, 0.717) is 6.61 Å². The lowest BCUT2D eigenvalue weighted by Crippen LogP contribution is -2.32. The summed E-state index contributed by atoms with van der Waals surface area (Å²) in [6, 6.07) is 6.15. The minimum Gasteiger partial charge on any atom is -0.494 e. The highest BCUT2D eigenvalue weighted by atomic mass is 19.1. The van der Waals surface area contributed by atoms with Crippen LogP contribution in [0.15, 0.2) is 30.6 Å². The Morgan fingerprint density at radius 2 is 2.15 bits per heavy atom. The van der Waals surface area contributed by atoms with Gasteiger partial charge in [-0.1, -0.05) is 0 Å². The Morgan fingerprint density at radius 1 is 1.30 bits per heavy atom. The van der Waals surface area contributed by atoms with Crippen molar-refractivity contribution in [3.05, 3.63) is 47.8 Å². The number of imidazole rings is 1. The van der Waals surface area contributed by atoms with Crippen LogP contribution in [0.5, 0.6) is 5.75 Å². The molecule has 1 aliphatic rings. The number of aromatic amines is 1. The van der Waals surface area contributed by atoms with Gasteiger partial charge in [-0.3, -0.25) is 4.90 Å². The van der Waals surface area contributed by atoms with E-state index in [0.717, 1.165) is 38.2 Å². The van der Waals surface area contributed by atoms with Gasteiger partial charge in [0.15, 0.2) is 0 Å². The molecule has 0 atom stereocenters. The number of nitrogens with zero attached hydrogens (tertiary/aromatic N) is 2. The topological polar surface area (TPSA) is 41.1 Å². The Bertz CT molecular complexity index is 553. The number of hydrogen-bond acceptors (Lipinski definition) is 3. The molecule has 1 aromatic carbocycles. The number of H-pyrrole nitrogens is 1. The summed E-state index contributed by atoms with van der Waals surface area (Å²) in [6.45, 7) is 3.64. The van der Waals surface area contributed by atoms with E-state index in [1.54, 1.807) is 18.5 Å².